The highest BCUT2D eigenvalue weighted by molar-refractivity contribution is 7.90. The number of hydrogen-bond donors (Lipinski definition) is 1. The Labute approximate surface area is 94.5 Å². The molecule has 1 heterocycles. The molecule has 1 unspecified atom stereocenters. The highest BCUT2D eigenvalue weighted by Crippen LogP contribution is 2.16. The van der Waals surface area contributed by atoms with E-state index in [-0.39, 0.29) is 6.04 Å². The second-order valence-electron chi connectivity index (χ2n) is 3.37. The number of hydrogen-bond acceptors (Lipinski definition) is 3. The van der Waals surface area contributed by atoms with Crippen LogP contribution < -0.4 is 4.72 Å². The lowest BCUT2D eigenvalue weighted by molar-refractivity contribution is 0.571. The third-order valence-electron chi connectivity index (χ3n) is 2.24. The van der Waals surface area contributed by atoms with Crippen LogP contribution in [0.15, 0.2) is 6.20 Å². The predicted molar refractivity (Wildman–Crippen MR) is 59.1 cm³/mol. The van der Waals surface area contributed by atoms with Gasteiger partial charge in [-0.15, -0.1) is 11.6 Å². The lowest BCUT2D eigenvalue weighted by Gasteiger charge is -2.12. The summed E-state index contributed by atoms with van der Waals surface area (Å²) < 4.78 is 26.6. The summed E-state index contributed by atoms with van der Waals surface area (Å²) in [4.78, 5) is 0. The normalized spacial score (nSPS) is 14.1. The van der Waals surface area contributed by atoms with Gasteiger partial charge in [0, 0.05) is 24.3 Å². The number of rotatable bonds is 4. The Morgan fingerprint density at radius 3 is 2.67 bits per heavy atom. The molecule has 1 atom stereocenters. The molecule has 1 rings (SSSR count). The number of sulfonamides is 1. The maximum absolute atomic E-state index is 11.2. The summed E-state index contributed by atoms with van der Waals surface area (Å²) in [5, 5.41) is 3.61. The first-order valence-corrected chi connectivity index (χ1v) is 6.60. The maximum Gasteiger partial charge on any atom is 0.226 e. The van der Waals surface area contributed by atoms with E-state index >= 15 is 0 Å². The molecule has 0 spiro atoms. The minimum atomic E-state index is -3.40. The van der Waals surface area contributed by atoms with Crippen molar-refractivity contribution < 1.29 is 8.42 Å². The first-order chi connectivity index (χ1) is 6.87. The van der Waals surface area contributed by atoms with Crippen molar-refractivity contribution in [3.05, 3.63) is 17.5 Å². The first-order valence-electron chi connectivity index (χ1n) is 4.42. The van der Waals surface area contributed by atoms with Crippen LogP contribution in [-0.2, 0) is 17.1 Å². The lowest BCUT2D eigenvalue weighted by Crippen LogP contribution is -2.27. The molecule has 5 nitrogen and oxygen atoms in total. The molecular formula is C8H14ClN3O2S. The standard InChI is InChI=1S/C8H14ClN3O2S/c1-6(11-15(13,14)5-9)8-4-10-12(3)7(8)2/h4,6,11H,5H2,1-3H3. The van der Waals surface area contributed by atoms with Crippen LogP contribution >= 0.6 is 11.6 Å². The average molecular weight is 252 g/mol. The van der Waals surface area contributed by atoms with Crippen LogP contribution in [0.5, 0.6) is 0 Å². The van der Waals surface area contributed by atoms with E-state index in [1.807, 2.05) is 14.0 Å². The van der Waals surface area contributed by atoms with Crippen molar-refractivity contribution in [3.63, 3.8) is 0 Å². The van der Waals surface area contributed by atoms with Crippen LogP contribution in [0.1, 0.15) is 24.2 Å². The third-order valence-corrected chi connectivity index (χ3v) is 4.10. The van der Waals surface area contributed by atoms with Gasteiger partial charge in [0.05, 0.1) is 6.20 Å². The van der Waals surface area contributed by atoms with Crippen molar-refractivity contribution in [2.24, 2.45) is 7.05 Å². The lowest BCUT2D eigenvalue weighted by atomic mass is 10.1. The molecule has 86 valence electrons. The van der Waals surface area contributed by atoms with Crippen molar-refractivity contribution >= 4 is 21.6 Å². The number of nitrogens with one attached hydrogen (secondary N) is 1. The van der Waals surface area contributed by atoms with E-state index in [0.29, 0.717) is 0 Å². The van der Waals surface area contributed by atoms with Gasteiger partial charge in [-0.1, -0.05) is 0 Å². The van der Waals surface area contributed by atoms with Crippen molar-refractivity contribution in [1.82, 2.24) is 14.5 Å². The zero-order valence-corrected chi connectivity index (χ0v) is 10.4. The minimum absolute atomic E-state index is 0.317. The summed E-state index contributed by atoms with van der Waals surface area (Å²) in [6.07, 6.45) is 1.65. The number of nitrogens with zero attached hydrogens (tertiary/aromatic N) is 2. The van der Waals surface area contributed by atoms with Gasteiger partial charge in [-0.25, -0.2) is 13.1 Å². The topological polar surface area (TPSA) is 64.0 Å². The Morgan fingerprint density at radius 2 is 2.27 bits per heavy atom. The summed E-state index contributed by atoms with van der Waals surface area (Å²) in [6, 6.07) is -0.317. The molecule has 0 aliphatic heterocycles. The van der Waals surface area contributed by atoms with Gasteiger partial charge in [-0.3, -0.25) is 4.68 Å². The maximum atomic E-state index is 11.2. The van der Waals surface area contributed by atoms with Gasteiger partial charge in [0.25, 0.3) is 0 Å². The predicted octanol–water partition coefficient (Wildman–Crippen LogP) is 0.905. The van der Waals surface area contributed by atoms with Crippen molar-refractivity contribution in [2.75, 3.05) is 5.21 Å². The Balaban J connectivity index is 2.87. The summed E-state index contributed by atoms with van der Waals surface area (Å²) in [6.45, 7) is 3.64. The molecule has 0 bridgehead atoms. The average Bonchev–Trinajstić information content (AvgIpc) is 2.47. The number of aromatic nitrogens is 2. The van der Waals surface area contributed by atoms with Crippen LogP contribution in [0.3, 0.4) is 0 Å². The Kier molecular flexibility index (Phi) is 3.75. The van der Waals surface area contributed by atoms with Gasteiger partial charge >= 0.3 is 0 Å². The van der Waals surface area contributed by atoms with E-state index in [9.17, 15) is 8.42 Å². The second-order valence-corrected chi connectivity index (χ2v) is 5.71. The highest BCUT2D eigenvalue weighted by atomic mass is 35.5. The van der Waals surface area contributed by atoms with E-state index in [0.717, 1.165) is 11.3 Å². The van der Waals surface area contributed by atoms with Crippen LogP contribution in [-0.4, -0.2) is 23.4 Å². The molecule has 1 aromatic heterocycles. The summed E-state index contributed by atoms with van der Waals surface area (Å²) in [5.74, 6) is 0. The zero-order chi connectivity index (χ0) is 11.6. The quantitative estimate of drug-likeness (QED) is 0.809. The largest absolute Gasteiger partial charge is 0.273 e. The first kappa shape index (κ1) is 12.5. The smallest absolute Gasteiger partial charge is 0.226 e. The Morgan fingerprint density at radius 1 is 1.67 bits per heavy atom. The molecule has 1 aromatic rings. The zero-order valence-electron chi connectivity index (χ0n) is 8.86. The molecule has 0 aromatic carbocycles. The molecule has 0 fully saturated rings. The monoisotopic (exact) mass is 251 g/mol. The van der Waals surface area contributed by atoms with E-state index in [1.165, 1.54) is 0 Å². The van der Waals surface area contributed by atoms with Gasteiger partial charge in [0.15, 0.2) is 0 Å². The van der Waals surface area contributed by atoms with Gasteiger partial charge < -0.3 is 0 Å². The fourth-order valence-corrected chi connectivity index (χ4v) is 2.22. The summed E-state index contributed by atoms with van der Waals surface area (Å²) in [7, 11) is -1.59. The van der Waals surface area contributed by atoms with Crippen LogP contribution in [0.25, 0.3) is 0 Å². The number of aryl methyl sites for hydroxylation is 1. The van der Waals surface area contributed by atoms with Gasteiger partial charge in [-0.05, 0) is 13.8 Å². The van der Waals surface area contributed by atoms with Crippen LogP contribution in [0.4, 0.5) is 0 Å². The van der Waals surface area contributed by atoms with E-state index in [1.54, 1.807) is 17.8 Å². The third kappa shape index (κ3) is 2.93. The van der Waals surface area contributed by atoms with E-state index in [4.69, 9.17) is 11.6 Å². The highest BCUT2D eigenvalue weighted by Gasteiger charge is 2.17. The van der Waals surface area contributed by atoms with Gasteiger partial charge in [-0.2, -0.15) is 5.10 Å². The minimum Gasteiger partial charge on any atom is -0.273 e. The molecule has 15 heavy (non-hydrogen) atoms. The Hall–Kier alpha value is -0.590. The molecule has 0 aliphatic carbocycles. The van der Waals surface area contributed by atoms with Crippen molar-refractivity contribution in [2.45, 2.75) is 19.9 Å². The SMILES string of the molecule is Cc1c(C(C)NS(=O)(=O)CCl)cnn1C. The Bertz CT molecular complexity index is 441. The fourth-order valence-electron chi connectivity index (χ4n) is 1.31. The number of halogens is 1. The van der Waals surface area contributed by atoms with Crippen LogP contribution in [0, 0.1) is 6.92 Å². The van der Waals surface area contributed by atoms with Crippen molar-refractivity contribution in [3.8, 4) is 0 Å². The molecule has 7 heteroatoms. The second kappa shape index (κ2) is 4.51. The summed E-state index contributed by atoms with van der Waals surface area (Å²) in [5.41, 5.74) is 1.78. The molecule has 0 saturated heterocycles. The van der Waals surface area contributed by atoms with Crippen LogP contribution in [0.2, 0.25) is 0 Å². The van der Waals surface area contributed by atoms with Gasteiger partial charge in [0.1, 0.15) is 5.21 Å². The molecule has 0 aliphatic rings. The van der Waals surface area contributed by atoms with E-state index in [2.05, 4.69) is 9.82 Å². The number of alkyl halides is 1. The van der Waals surface area contributed by atoms with Gasteiger partial charge in [0.2, 0.25) is 10.0 Å². The van der Waals surface area contributed by atoms with E-state index < -0.39 is 15.2 Å². The molecule has 1 N–H and O–H groups in total. The molecule has 0 radical (unpaired) electrons. The fraction of sp³-hybridized carbons (Fsp3) is 0.625. The molecule has 0 saturated carbocycles. The van der Waals surface area contributed by atoms with Crippen molar-refractivity contribution in [1.29, 1.82) is 0 Å². The molecule has 0 amide bonds. The molecular weight excluding hydrogens is 238 g/mol. The summed E-state index contributed by atoms with van der Waals surface area (Å²) >= 11 is 5.30.